The van der Waals surface area contributed by atoms with E-state index in [1.54, 1.807) is 0 Å². The Bertz CT molecular complexity index is 571. The van der Waals surface area contributed by atoms with E-state index in [4.69, 9.17) is 10.5 Å². The van der Waals surface area contributed by atoms with Gasteiger partial charge >= 0.3 is 23.9 Å². The normalized spacial score (nSPS) is 18.1. The molecule has 150 valence electrons. The van der Waals surface area contributed by atoms with Gasteiger partial charge in [0.2, 0.25) is 12.3 Å². The zero-order chi connectivity index (χ0) is 21.1. The Hall–Kier alpha value is -2.26. The molecule has 0 spiro atoms. The number of ether oxygens (including phenoxy) is 2. The maximum absolute atomic E-state index is 13.2. The Morgan fingerprint density at radius 1 is 0.692 bits per heavy atom. The molecule has 0 aliphatic rings. The zero-order valence-corrected chi connectivity index (χ0v) is 11.6. The summed E-state index contributed by atoms with van der Waals surface area (Å²) in [5.74, 6) is -21.8. The van der Waals surface area contributed by atoms with Crippen LogP contribution in [0.3, 0.4) is 0 Å². The van der Waals surface area contributed by atoms with E-state index in [2.05, 4.69) is 9.47 Å². The molecule has 26 heavy (non-hydrogen) atoms. The topological polar surface area (TPSA) is 66.0 Å². The molecule has 0 aromatic rings. The second-order valence-corrected chi connectivity index (χ2v) is 4.33. The van der Waals surface area contributed by atoms with Gasteiger partial charge in [0.05, 0.1) is 0 Å². The molecule has 0 rings (SSSR count). The minimum atomic E-state index is -7.45. The first-order valence-electron chi connectivity index (χ1n) is 5.72. The van der Waals surface area contributed by atoms with Crippen molar-refractivity contribution in [2.24, 2.45) is 0 Å². The van der Waals surface area contributed by atoms with E-state index in [-0.39, 0.29) is 6.26 Å². The Balaban J connectivity index is 5.84. The number of rotatable bonds is 9. The van der Waals surface area contributed by atoms with Gasteiger partial charge in [0, 0.05) is 0 Å². The van der Waals surface area contributed by atoms with Gasteiger partial charge in [-0.3, -0.25) is 0 Å². The van der Waals surface area contributed by atoms with Gasteiger partial charge in [0.1, 0.15) is 0 Å². The maximum atomic E-state index is 13.2. The number of halogens is 12. The van der Waals surface area contributed by atoms with Crippen molar-refractivity contribution in [3.63, 3.8) is 0 Å². The van der Waals surface area contributed by atoms with Crippen molar-refractivity contribution in [2.45, 2.75) is 48.7 Å². The number of alkyl halides is 12. The summed E-state index contributed by atoms with van der Waals surface area (Å²) in [4.78, 5) is 0. The van der Waals surface area contributed by atoms with E-state index in [0.717, 1.165) is 0 Å². The van der Waals surface area contributed by atoms with Crippen molar-refractivity contribution in [2.75, 3.05) is 0 Å². The van der Waals surface area contributed by atoms with E-state index < -0.39 is 48.7 Å². The van der Waals surface area contributed by atoms with Crippen LogP contribution >= 0.6 is 0 Å². The molecule has 0 amide bonds. The molecule has 4 unspecified atom stereocenters. The zero-order valence-electron chi connectivity index (χ0n) is 11.6. The minimum absolute atomic E-state index is 0.196. The number of hydrogen-bond donors (Lipinski definition) is 0. The first kappa shape index (κ1) is 23.7. The minimum Gasteiger partial charge on any atom is -0.387 e. The van der Waals surface area contributed by atoms with E-state index in [1.807, 2.05) is 0 Å². The van der Waals surface area contributed by atoms with Crippen molar-refractivity contribution in [1.82, 2.24) is 0 Å². The van der Waals surface area contributed by atoms with Crippen molar-refractivity contribution < 1.29 is 62.2 Å². The molecule has 0 aromatic heterocycles. The molecule has 0 aliphatic heterocycles. The third-order valence-corrected chi connectivity index (χ3v) is 2.70. The smallest absolute Gasteiger partial charge is 0.387 e. The van der Waals surface area contributed by atoms with E-state index in [0.29, 0.717) is 6.26 Å². The van der Waals surface area contributed by atoms with Gasteiger partial charge in [0.15, 0.2) is 6.17 Å². The summed E-state index contributed by atoms with van der Waals surface area (Å²) in [6, 6.07) is 0. The van der Waals surface area contributed by atoms with E-state index in [1.165, 1.54) is 0 Å². The summed E-state index contributed by atoms with van der Waals surface area (Å²) in [5.41, 5.74) is 0. The molecular weight excluding hydrogens is 408 g/mol. The molecule has 4 atom stereocenters. The van der Waals surface area contributed by atoms with Crippen LogP contribution in [0.2, 0.25) is 0 Å². The predicted octanol–water partition coefficient (Wildman–Crippen LogP) is 3.79. The van der Waals surface area contributed by atoms with E-state index in [9.17, 15) is 52.7 Å². The van der Waals surface area contributed by atoms with Crippen molar-refractivity contribution in [3.05, 3.63) is 0 Å². The molecular formula is C10H4F12N2O2. The molecule has 0 bridgehead atoms. The molecule has 0 radical (unpaired) electrons. The predicted molar refractivity (Wildman–Crippen MR) is 52.8 cm³/mol. The van der Waals surface area contributed by atoms with Crippen LogP contribution in [0.1, 0.15) is 0 Å². The fraction of sp³-hybridized carbons (Fsp3) is 0.800. The Labute approximate surface area is 135 Å². The van der Waals surface area contributed by atoms with Crippen LogP contribution in [0.25, 0.3) is 0 Å². The van der Waals surface area contributed by atoms with Gasteiger partial charge < -0.3 is 9.47 Å². The molecule has 16 heteroatoms. The second kappa shape index (κ2) is 7.55. The summed E-state index contributed by atoms with van der Waals surface area (Å²) in [5, 5.41) is 15.4. The van der Waals surface area contributed by atoms with Gasteiger partial charge in [-0.2, -0.15) is 50.0 Å². The summed E-state index contributed by atoms with van der Waals surface area (Å²) in [7, 11) is 0. The molecule has 0 N–H and O–H groups in total. The molecule has 0 aliphatic carbocycles. The van der Waals surface area contributed by atoms with Crippen LogP contribution in [0, 0.1) is 23.0 Å². The van der Waals surface area contributed by atoms with Gasteiger partial charge in [0.25, 0.3) is 18.9 Å². The van der Waals surface area contributed by atoms with Crippen LogP contribution in [0.5, 0.6) is 0 Å². The van der Waals surface area contributed by atoms with Gasteiger partial charge in [-0.25, -0.2) is 13.2 Å². The third-order valence-electron chi connectivity index (χ3n) is 2.70. The highest BCUT2D eigenvalue weighted by atomic mass is 19.4. The fourth-order valence-electron chi connectivity index (χ4n) is 1.31. The van der Waals surface area contributed by atoms with E-state index >= 15 is 0 Å². The van der Waals surface area contributed by atoms with Gasteiger partial charge in [-0.1, -0.05) is 0 Å². The van der Waals surface area contributed by atoms with Crippen molar-refractivity contribution in [1.29, 1.82) is 10.5 Å². The van der Waals surface area contributed by atoms with Crippen molar-refractivity contribution >= 4 is 0 Å². The van der Waals surface area contributed by atoms with Crippen LogP contribution in [0.4, 0.5) is 52.7 Å². The average Bonchev–Trinajstić information content (AvgIpc) is 2.52. The summed E-state index contributed by atoms with van der Waals surface area (Å²) in [6.45, 7) is 0. The highest BCUT2D eigenvalue weighted by Crippen LogP contribution is 2.55. The lowest BCUT2D eigenvalue weighted by Crippen LogP contribution is -2.66. The molecule has 0 heterocycles. The first-order chi connectivity index (χ1) is 11.5. The SMILES string of the molecule is N#COC(F)C(F)C(F)C(F)C(F)(F)C(F)(F)C(F)(F)C(F)(F)OC#N. The summed E-state index contributed by atoms with van der Waals surface area (Å²) >= 11 is 0. The lowest BCUT2D eigenvalue weighted by atomic mass is 9.95. The lowest BCUT2D eigenvalue weighted by Gasteiger charge is -2.37. The maximum Gasteiger partial charge on any atom is 0.480 e. The molecule has 0 aromatic carbocycles. The molecule has 0 saturated heterocycles. The Morgan fingerprint density at radius 2 is 1.15 bits per heavy atom. The van der Waals surface area contributed by atoms with Crippen LogP contribution in [0.15, 0.2) is 0 Å². The number of nitrogens with zero attached hydrogens (tertiary/aromatic N) is 2. The molecule has 0 saturated carbocycles. The Morgan fingerprint density at radius 3 is 1.54 bits per heavy atom. The summed E-state index contributed by atoms with van der Waals surface area (Å²) in [6.07, 6.45) is -24.4. The molecule has 4 nitrogen and oxygen atoms in total. The standard InChI is InChI=1S/C10H4F12N2O2/c11-3(4(12)6(14)25-1-23)5(13)7(15,16)8(17,18)9(19,20)10(21,22)26-2-24/h3-6H. The lowest BCUT2D eigenvalue weighted by molar-refractivity contribution is -0.422. The van der Waals surface area contributed by atoms with Crippen molar-refractivity contribution in [3.8, 4) is 12.5 Å². The quantitative estimate of drug-likeness (QED) is 0.427. The van der Waals surface area contributed by atoms with Crippen LogP contribution in [-0.4, -0.2) is 48.7 Å². The second-order valence-electron chi connectivity index (χ2n) is 4.33. The third kappa shape index (κ3) is 3.78. The first-order valence-corrected chi connectivity index (χ1v) is 5.72. The van der Waals surface area contributed by atoms with Gasteiger partial charge in [-0.15, -0.1) is 0 Å². The summed E-state index contributed by atoms with van der Waals surface area (Å²) < 4.78 is 161. The average molecular weight is 412 g/mol. The largest absolute Gasteiger partial charge is 0.480 e. The molecule has 0 fully saturated rings. The number of nitriles is 2. The number of hydrogen-bond acceptors (Lipinski definition) is 4. The highest BCUT2D eigenvalue weighted by molar-refractivity contribution is 5.06. The Kier molecular flexibility index (Phi) is 6.89. The highest BCUT2D eigenvalue weighted by Gasteiger charge is 2.85. The van der Waals surface area contributed by atoms with Crippen LogP contribution < -0.4 is 0 Å². The van der Waals surface area contributed by atoms with Crippen LogP contribution in [-0.2, 0) is 9.47 Å². The van der Waals surface area contributed by atoms with Gasteiger partial charge in [-0.05, 0) is 0 Å². The monoisotopic (exact) mass is 412 g/mol. The fourth-order valence-corrected chi connectivity index (χ4v) is 1.31.